The maximum atomic E-state index is 13.0. The second-order valence-corrected chi connectivity index (χ2v) is 9.26. The van der Waals surface area contributed by atoms with Crippen LogP contribution in [0.3, 0.4) is 0 Å². The molecule has 2 rings (SSSR count). The second kappa shape index (κ2) is 8.05. The maximum absolute atomic E-state index is 13.0. The first kappa shape index (κ1) is 20.2. The number of halogens is 1. The van der Waals surface area contributed by atoms with E-state index in [1.54, 1.807) is 0 Å². The smallest absolute Gasteiger partial charge is 0.228 e. The van der Waals surface area contributed by atoms with E-state index < -0.39 is 12.1 Å². The predicted octanol–water partition coefficient (Wildman–Crippen LogP) is 3.55. The summed E-state index contributed by atoms with van der Waals surface area (Å²) in [5.74, 6) is 1.09. The Kier molecular flexibility index (Phi) is 6.50. The van der Waals surface area contributed by atoms with E-state index in [9.17, 15) is 14.0 Å². The van der Waals surface area contributed by atoms with E-state index in [0.717, 1.165) is 25.8 Å². The fraction of sp³-hybridized carbons (Fsp3) is 0.900. The Bertz CT molecular complexity index is 490. The molecule has 2 unspecified atom stereocenters. The van der Waals surface area contributed by atoms with Crippen LogP contribution in [-0.2, 0) is 9.59 Å². The highest BCUT2D eigenvalue weighted by Crippen LogP contribution is 2.46. The third-order valence-corrected chi connectivity index (χ3v) is 5.80. The van der Waals surface area contributed by atoms with Gasteiger partial charge in [0.15, 0.2) is 0 Å². The van der Waals surface area contributed by atoms with Crippen LogP contribution in [0, 0.1) is 22.7 Å². The van der Waals surface area contributed by atoms with E-state index in [2.05, 4.69) is 33.0 Å². The second-order valence-electron chi connectivity index (χ2n) is 9.26. The van der Waals surface area contributed by atoms with Crippen molar-refractivity contribution < 1.29 is 14.0 Å². The van der Waals surface area contributed by atoms with Crippen molar-refractivity contribution in [1.29, 1.82) is 0 Å². The van der Waals surface area contributed by atoms with Gasteiger partial charge in [0.2, 0.25) is 11.8 Å². The van der Waals surface area contributed by atoms with Crippen molar-refractivity contribution in [1.82, 2.24) is 10.2 Å². The van der Waals surface area contributed by atoms with Crippen LogP contribution in [0.15, 0.2) is 0 Å². The SMILES string of the molecule is CC(C)CC(C)CC(=O)N1CCCC(C)(CNC(=O)C2(CF)CC2)C1. The lowest BCUT2D eigenvalue weighted by Crippen LogP contribution is -2.50. The predicted molar refractivity (Wildman–Crippen MR) is 97.8 cm³/mol. The molecule has 4 nitrogen and oxygen atoms in total. The number of hydrogen-bond donors (Lipinski definition) is 1. The first-order chi connectivity index (χ1) is 11.7. The van der Waals surface area contributed by atoms with Gasteiger partial charge in [-0.25, -0.2) is 4.39 Å². The Labute approximate surface area is 151 Å². The number of carbonyl (C=O) groups excluding carboxylic acids is 2. The van der Waals surface area contributed by atoms with Gasteiger partial charge in [-0.3, -0.25) is 9.59 Å². The number of likely N-dealkylation sites (tertiary alicyclic amines) is 1. The van der Waals surface area contributed by atoms with E-state index in [1.807, 2.05) is 4.90 Å². The molecule has 1 aliphatic carbocycles. The lowest BCUT2D eigenvalue weighted by molar-refractivity contribution is -0.135. The minimum Gasteiger partial charge on any atom is -0.355 e. The summed E-state index contributed by atoms with van der Waals surface area (Å²) < 4.78 is 13.0. The molecule has 144 valence electrons. The number of nitrogens with zero attached hydrogens (tertiary/aromatic N) is 1. The highest BCUT2D eigenvalue weighted by molar-refractivity contribution is 5.85. The highest BCUT2D eigenvalue weighted by atomic mass is 19.1. The molecule has 0 aromatic rings. The van der Waals surface area contributed by atoms with E-state index >= 15 is 0 Å². The van der Waals surface area contributed by atoms with Crippen LogP contribution in [0.25, 0.3) is 0 Å². The van der Waals surface area contributed by atoms with E-state index in [0.29, 0.717) is 44.2 Å². The average Bonchev–Trinajstić information content (AvgIpc) is 3.33. The van der Waals surface area contributed by atoms with Crippen LogP contribution in [0.4, 0.5) is 4.39 Å². The molecule has 2 atom stereocenters. The molecule has 1 N–H and O–H groups in total. The van der Waals surface area contributed by atoms with Crippen LogP contribution in [0.5, 0.6) is 0 Å². The molecular formula is C20H35FN2O2. The Balaban J connectivity index is 1.84. The first-order valence-electron chi connectivity index (χ1n) is 9.82. The summed E-state index contributed by atoms with van der Waals surface area (Å²) >= 11 is 0. The Morgan fingerprint density at radius 1 is 1.20 bits per heavy atom. The molecule has 1 saturated heterocycles. The summed E-state index contributed by atoms with van der Waals surface area (Å²) in [6.07, 6.45) is 4.94. The highest BCUT2D eigenvalue weighted by Gasteiger charge is 2.50. The van der Waals surface area contributed by atoms with Gasteiger partial charge in [-0.15, -0.1) is 0 Å². The normalized spacial score (nSPS) is 26.4. The minimum atomic E-state index is -0.743. The van der Waals surface area contributed by atoms with Gasteiger partial charge in [0, 0.05) is 31.5 Å². The molecule has 0 bridgehead atoms. The summed E-state index contributed by atoms with van der Waals surface area (Å²) in [5.41, 5.74) is -0.857. The minimum absolute atomic E-state index is 0.114. The topological polar surface area (TPSA) is 49.4 Å². The van der Waals surface area contributed by atoms with Crippen molar-refractivity contribution in [2.24, 2.45) is 22.7 Å². The number of piperidine rings is 1. The molecule has 5 heteroatoms. The van der Waals surface area contributed by atoms with Crippen molar-refractivity contribution in [2.45, 2.75) is 66.2 Å². The average molecular weight is 355 g/mol. The molecule has 0 spiro atoms. The van der Waals surface area contributed by atoms with Crippen LogP contribution in [0.2, 0.25) is 0 Å². The summed E-state index contributed by atoms with van der Waals surface area (Å²) in [4.78, 5) is 26.8. The zero-order valence-corrected chi connectivity index (χ0v) is 16.4. The number of rotatable bonds is 8. The van der Waals surface area contributed by atoms with Gasteiger partial charge in [-0.1, -0.05) is 27.7 Å². The van der Waals surface area contributed by atoms with E-state index in [-0.39, 0.29) is 17.2 Å². The summed E-state index contributed by atoms with van der Waals surface area (Å²) in [6.45, 7) is 10.1. The number of hydrogen-bond acceptors (Lipinski definition) is 2. The number of amides is 2. The van der Waals surface area contributed by atoms with Gasteiger partial charge in [-0.05, 0) is 43.9 Å². The maximum Gasteiger partial charge on any atom is 0.228 e. The van der Waals surface area contributed by atoms with Gasteiger partial charge in [0.05, 0.1) is 5.41 Å². The lowest BCUT2D eigenvalue weighted by Gasteiger charge is -2.41. The van der Waals surface area contributed by atoms with Crippen LogP contribution < -0.4 is 5.32 Å². The molecule has 1 saturated carbocycles. The third-order valence-electron chi connectivity index (χ3n) is 5.80. The van der Waals surface area contributed by atoms with Crippen molar-refractivity contribution in [3.8, 4) is 0 Å². The van der Waals surface area contributed by atoms with Gasteiger partial charge in [0.25, 0.3) is 0 Å². The van der Waals surface area contributed by atoms with Gasteiger partial charge in [0.1, 0.15) is 6.67 Å². The van der Waals surface area contributed by atoms with E-state index in [4.69, 9.17) is 0 Å². The Morgan fingerprint density at radius 2 is 1.88 bits per heavy atom. The molecule has 0 radical (unpaired) electrons. The fourth-order valence-electron chi connectivity index (χ4n) is 4.04. The van der Waals surface area contributed by atoms with Crippen LogP contribution in [0.1, 0.15) is 66.2 Å². The Morgan fingerprint density at radius 3 is 2.44 bits per heavy atom. The largest absolute Gasteiger partial charge is 0.355 e. The summed E-state index contributed by atoms with van der Waals surface area (Å²) in [7, 11) is 0. The van der Waals surface area contributed by atoms with Gasteiger partial charge >= 0.3 is 0 Å². The standard InChI is InChI=1S/C20H35FN2O2/c1-15(2)10-16(3)11-17(24)23-9-5-6-19(4,14-23)13-22-18(25)20(12-21)7-8-20/h15-16H,5-14H2,1-4H3,(H,22,25). The molecule has 25 heavy (non-hydrogen) atoms. The van der Waals surface area contributed by atoms with Gasteiger partial charge in [-0.2, -0.15) is 0 Å². The molecule has 0 aromatic heterocycles. The molecule has 2 aliphatic rings. The van der Waals surface area contributed by atoms with Crippen molar-refractivity contribution >= 4 is 11.8 Å². The van der Waals surface area contributed by atoms with Crippen molar-refractivity contribution in [3.63, 3.8) is 0 Å². The Hall–Kier alpha value is -1.13. The molecular weight excluding hydrogens is 319 g/mol. The summed E-state index contributed by atoms with van der Waals surface area (Å²) in [5, 5.41) is 2.96. The summed E-state index contributed by atoms with van der Waals surface area (Å²) in [6, 6.07) is 0. The van der Waals surface area contributed by atoms with Crippen LogP contribution >= 0.6 is 0 Å². The molecule has 2 fully saturated rings. The lowest BCUT2D eigenvalue weighted by atomic mass is 9.81. The third kappa shape index (κ3) is 5.42. The van der Waals surface area contributed by atoms with Gasteiger partial charge < -0.3 is 10.2 Å². The number of nitrogens with one attached hydrogen (secondary N) is 1. The quantitative estimate of drug-likeness (QED) is 0.725. The van der Waals surface area contributed by atoms with Crippen molar-refractivity contribution in [2.75, 3.05) is 26.3 Å². The first-order valence-corrected chi connectivity index (χ1v) is 9.82. The zero-order valence-electron chi connectivity index (χ0n) is 16.4. The number of alkyl halides is 1. The molecule has 0 aromatic carbocycles. The molecule has 1 aliphatic heterocycles. The van der Waals surface area contributed by atoms with Crippen molar-refractivity contribution in [3.05, 3.63) is 0 Å². The number of carbonyl (C=O) groups is 2. The molecule has 1 heterocycles. The zero-order chi connectivity index (χ0) is 18.7. The fourth-order valence-corrected chi connectivity index (χ4v) is 4.04. The molecule has 2 amide bonds. The van der Waals surface area contributed by atoms with Crippen LogP contribution in [-0.4, -0.2) is 43.0 Å². The van der Waals surface area contributed by atoms with E-state index in [1.165, 1.54) is 0 Å². The monoisotopic (exact) mass is 354 g/mol.